The van der Waals surface area contributed by atoms with Crippen LogP contribution in [0.25, 0.3) is 0 Å². The minimum Gasteiger partial charge on any atom is -0.327 e. The zero-order valence-corrected chi connectivity index (χ0v) is 20.6. The van der Waals surface area contributed by atoms with Crippen LogP contribution in [0.4, 0.5) is 28.8 Å². The normalized spacial score (nSPS) is 16.5. The standard InChI is InChI=1S/C24H27N7O3S/c1-16-7-8-20-19(13-16)23(32)30(3)21-15-26-24(28-22(21)29(20)2)27-17-5-4-6-18(14-17)35(33,34)31-11-9-25-10-12-31/h4-8,13-15,25H,9-12H2,1-3H3,(H,26,27,28). The third kappa shape index (κ3) is 4.22. The van der Waals surface area contributed by atoms with Crippen molar-refractivity contribution >= 4 is 44.8 Å². The SMILES string of the molecule is Cc1ccc2c(c1)C(=O)N(C)c1cnc(Nc3cccc(S(=O)(=O)N4CCNCC4)c3)nc1N2C. The Bertz CT molecular complexity index is 1400. The molecule has 1 amide bonds. The second-order valence-electron chi connectivity index (χ2n) is 8.65. The highest BCUT2D eigenvalue weighted by atomic mass is 32.2. The van der Waals surface area contributed by atoms with E-state index in [1.54, 1.807) is 42.4 Å². The molecule has 11 heteroatoms. The Hall–Kier alpha value is -3.54. The highest BCUT2D eigenvalue weighted by Crippen LogP contribution is 2.38. The molecular weight excluding hydrogens is 466 g/mol. The molecule has 10 nitrogen and oxygen atoms in total. The van der Waals surface area contributed by atoms with Crippen molar-refractivity contribution in [1.82, 2.24) is 19.6 Å². The third-order valence-corrected chi connectivity index (χ3v) is 8.18. The molecule has 2 aliphatic heterocycles. The van der Waals surface area contributed by atoms with Crippen LogP contribution in [0.1, 0.15) is 15.9 Å². The summed E-state index contributed by atoms with van der Waals surface area (Å²) in [4.78, 5) is 25.8. The third-order valence-electron chi connectivity index (χ3n) is 6.28. The number of anilines is 5. The van der Waals surface area contributed by atoms with E-state index in [1.165, 1.54) is 4.31 Å². The van der Waals surface area contributed by atoms with Crippen molar-refractivity contribution in [2.45, 2.75) is 11.8 Å². The van der Waals surface area contributed by atoms with Crippen molar-refractivity contribution < 1.29 is 13.2 Å². The van der Waals surface area contributed by atoms with E-state index >= 15 is 0 Å². The summed E-state index contributed by atoms with van der Waals surface area (Å²) in [6.45, 7) is 4.09. The molecular formula is C24H27N7O3S. The molecule has 0 aliphatic carbocycles. The van der Waals surface area contributed by atoms with Gasteiger partial charge in [0.25, 0.3) is 5.91 Å². The lowest BCUT2D eigenvalue weighted by Crippen LogP contribution is -2.46. The number of carbonyl (C=O) groups excluding carboxylic acids is 1. The fraction of sp³-hybridized carbons (Fsp3) is 0.292. The Balaban J connectivity index is 1.47. The van der Waals surface area contributed by atoms with Crippen molar-refractivity contribution in [3.05, 3.63) is 59.8 Å². The van der Waals surface area contributed by atoms with Crippen LogP contribution < -0.4 is 20.4 Å². The van der Waals surface area contributed by atoms with Gasteiger partial charge in [-0.05, 0) is 37.3 Å². The monoisotopic (exact) mass is 493 g/mol. The van der Waals surface area contributed by atoms with Crippen LogP contribution >= 0.6 is 0 Å². The van der Waals surface area contributed by atoms with Crippen LogP contribution in [0.5, 0.6) is 0 Å². The largest absolute Gasteiger partial charge is 0.327 e. The molecule has 3 aromatic rings. The summed E-state index contributed by atoms with van der Waals surface area (Å²) in [6, 6.07) is 12.4. The fourth-order valence-corrected chi connectivity index (χ4v) is 5.81. The smallest absolute Gasteiger partial charge is 0.260 e. The van der Waals surface area contributed by atoms with E-state index in [4.69, 9.17) is 0 Å². The number of rotatable bonds is 4. The zero-order chi connectivity index (χ0) is 24.7. The number of carbonyl (C=O) groups is 1. The van der Waals surface area contributed by atoms with E-state index in [0.717, 1.165) is 11.3 Å². The molecule has 2 N–H and O–H groups in total. The molecule has 1 aromatic heterocycles. The van der Waals surface area contributed by atoms with Gasteiger partial charge in [0.2, 0.25) is 16.0 Å². The number of amides is 1. The highest BCUT2D eigenvalue weighted by Gasteiger charge is 2.29. The molecule has 1 fully saturated rings. The molecule has 0 spiro atoms. The van der Waals surface area contributed by atoms with E-state index in [1.807, 2.05) is 37.1 Å². The average Bonchev–Trinajstić information content (AvgIpc) is 2.94. The van der Waals surface area contributed by atoms with Gasteiger partial charge in [-0.3, -0.25) is 4.79 Å². The van der Waals surface area contributed by atoms with Crippen molar-refractivity contribution in [2.24, 2.45) is 0 Å². The Kier molecular flexibility index (Phi) is 5.91. The number of aryl methyl sites for hydroxylation is 1. The van der Waals surface area contributed by atoms with Crippen molar-refractivity contribution in [3.8, 4) is 0 Å². The van der Waals surface area contributed by atoms with Gasteiger partial charge in [-0.25, -0.2) is 13.4 Å². The first-order chi connectivity index (χ1) is 16.8. The molecule has 2 aliphatic rings. The van der Waals surface area contributed by atoms with Gasteiger partial charge in [0.1, 0.15) is 5.69 Å². The van der Waals surface area contributed by atoms with Crippen LogP contribution in [-0.2, 0) is 10.0 Å². The number of hydrogen-bond donors (Lipinski definition) is 2. The Morgan fingerprint density at radius 1 is 1.00 bits per heavy atom. The molecule has 0 atom stereocenters. The van der Waals surface area contributed by atoms with Gasteiger partial charge in [-0.2, -0.15) is 9.29 Å². The number of nitrogens with zero attached hydrogens (tertiary/aromatic N) is 5. The number of fused-ring (bicyclic) bond motifs is 2. The summed E-state index contributed by atoms with van der Waals surface area (Å²) < 4.78 is 27.6. The molecule has 0 radical (unpaired) electrons. The van der Waals surface area contributed by atoms with Crippen LogP contribution in [-0.4, -0.2) is 68.9 Å². The lowest BCUT2D eigenvalue weighted by Gasteiger charge is -2.26. The Morgan fingerprint density at radius 3 is 2.54 bits per heavy atom. The van der Waals surface area contributed by atoms with Crippen molar-refractivity contribution in [2.75, 3.05) is 55.4 Å². The molecule has 5 rings (SSSR count). The van der Waals surface area contributed by atoms with E-state index in [9.17, 15) is 13.2 Å². The first-order valence-electron chi connectivity index (χ1n) is 11.3. The van der Waals surface area contributed by atoms with E-state index < -0.39 is 10.0 Å². The maximum atomic E-state index is 13.1. The summed E-state index contributed by atoms with van der Waals surface area (Å²) >= 11 is 0. The maximum absolute atomic E-state index is 13.1. The first-order valence-corrected chi connectivity index (χ1v) is 12.8. The summed E-state index contributed by atoms with van der Waals surface area (Å²) in [5.41, 5.74) is 3.46. The predicted molar refractivity (Wildman–Crippen MR) is 135 cm³/mol. The van der Waals surface area contributed by atoms with E-state index in [0.29, 0.717) is 54.9 Å². The molecule has 1 saturated heterocycles. The summed E-state index contributed by atoms with van der Waals surface area (Å²) in [7, 11) is -0.0353. The molecule has 3 heterocycles. The average molecular weight is 494 g/mol. The minimum atomic E-state index is -3.60. The summed E-state index contributed by atoms with van der Waals surface area (Å²) in [6.07, 6.45) is 1.60. The Labute approximate surface area is 204 Å². The van der Waals surface area contributed by atoms with Gasteiger partial charge >= 0.3 is 0 Å². The van der Waals surface area contributed by atoms with Crippen LogP contribution in [0.15, 0.2) is 53.6 Å². The van der Waals surface area contributed by atoms with Crippen LogP contribution in [0, 0.1) is 6.92 Å². The predicted octanol–water partition coefficient (Wildman–Crippen LogP) is 2.48. The number of hydrogen-bond acceptors (Lipinski definition) is 8. The Morgan fingerprint density at radius 2 is 1.77 bits per heavy atom. The fourth-order valence-electron chi connectivity index (χ4n) is 4.33. The minimum absolute atomic E-state index is 0.135. The van der Waals surface area contributed by atoms with Gasteiger partial charge in [0.15, 0.2) is 5.82 Å². The number of nitrogens with one attached hydrogen (secondary N) is 2. The van der Waals surface area contributed by atoms with Gasteiger partial charge in [-0.1, -0.05) is 17.7 Å². The summed E-state index contributed by atoms with van der Waals surface area (Å²) in [5.74, 6) is 0.721. The number of aromatic nitrogens is 2. The van der Waals surface area contributed by atoms with Gasteiger partial charge in [-0.15, -0.1) is 0 Å². The second kappa shape index (κ2) is 8.91. The van der Waals surface area contributed by atoms with Crippen molar-refractivity contribution in [3.63, 3.8) is 0 Å². The van der Waals surface area contributed by atoms with Gasteiger partial charge in [0, 0.05) is 46.0 Å². The lowest BCUT2D eigenvalue weighted by molar-refractivity contribution is 0.0994. The van der Waals surface area contributed by atoms with E-state index in [2.05, 4.69) is 20.6 Å². The second-order valence-corrected chi connectivity index (χ2v) is 10.6. The molecule has 0 unspecified atom stereocenters. The van der Waals surface area contributed by atoms with Crippen molar-refractivity contribution in [1.29, 1.82) is 0 Å². The molecule has 35 heavy (non-hydrogen) atoms. The lowest BCUT2D eigenvalue weighted by atomic mass is 10.1. The van der Waals surface area contributed by atoms with Crippen LogP contribution in [0.2, 0.25) is 0 Å². The highest BCUT2D eigenvalue weighted by molar-refractivity contribution is 7.89. The zero-order valence-electron chi connectivity index (χ0n) is 19.8. The maximum Gasteiger partial charge on any atom is 0.260 e. The van der Waals surface area contributed by atoms with Crippen LogP contribution in [0.3, 0.4) is 0 Å². The number of benzene rings is 2. The molecule has 0 saturated carbocycles. The van der Waals surface area contributed by atoms with E-state index in [-0.39, 0.29) is 10.8 Å². The first kappa shape index (κ1) is 23.2. The summed E-state index contributed by atoms with van der Waals surface area (Å²) in [5, 5.41) is 6.29. The topological polar surface area (TPSA) is 111 Å². The van der Waals surface area contributed by atoms with Gasteiger partial charge in [0.05, 0.1) is 22.3 Å². The number of sulfonamides is 1. The quantitative estimate of drug-likeness (QED) is 0.570. The molecule has 0 bridgehead atoms. The molecule has 182 valence electrons. The van der Waals surface area contributed by atoms with Gasteiger partial charge < -0.3 is 20.4 Å². The number of piperazine rings is 1. The molecule has 2 aromatic carbocycles.